The number of nitrogens with one attached hydrogen (secondary N) is 2. The standard InChI is InChI=1S/C15H15F2N3O2/c1-18-9-14(21)20-8-10-3-2-6-19-15(10)22-11-4-5-12(16)13(17)7-11/h2-7,18H,8-9H2,1H3,(H,20,21). The van der Waals surface area contributed by atoms with Gasteiger partial charge in [0, 0.05) is 24.4 Å². The number of ether oxygens (including phenoxy) is 1. The monoisotopic (exact) mass is 307 g/mol. The van der Waals surface area contributed by atoms with Gasteiger partial charge in [0.25, 0.3) is 0 Å². The fraction of sp³-hybridized carbons (Fsp3) is 0.200. The third-order valence-corrected chi connectivity index (χ3v) is 2.77. The van der Waals surface area contributed by atoms with E-state index in [1.807, 2.05) is 0 Å². The van der Waals surface area contributed by atoms with Crippen molar-refractivity contribution in [2.24, 2.45) is 0 Å². The molecule has 0 atom stereocenters. The van der Waals surface area contributed by atoms with E-state index < -0.39 is 11.6 Å². The molecule has 7 heteroatoms. The van der Waals surface area contributed by atoms with E-state index in [4.69, 9.17) is 4.74 Å². The van der Waals surface area contributed by atoms with Crippen molar-refractivity contribution in [2.75, 3.05) is 13.6 Å². The van der Waals surface area contributed by atoms with Crippen LogP contribution in [0.1, 0.15) is 5.56 Å². The molecular formula is C15H15F2N3O2. The maximum Gasteiger partial charge on any atom is 0.234 e. The van der Waals surface area contributed by atoms with Crippen LogP contribution in [0, 0.1) is 11.6 Å². The number of hydrogen-bond donors (Lipinski definition) is 2. The number of nitrogens with zero attached hydrogens (tertiary/aromatic N) is 1. The molecule has 1 aromatic carbocycles. The lowest BCUT2D eigenvalue weighted by Gasteiger charge is -2.11. The molecule has 116 valence electrons. The number of carbonyl (C=O) groups is 1. The van der Waals surface area contributed by atoms with Gasteiger partial charge in [-0.15, -0.1) is 0 Å². The first kappa shape index (κ1) is 15.8. The highest BCUT2D eigenvalue weighted by Crippen LogP contribution is 2.24. The highest BCUT2D eigenvalue weighted by Gasteiger charge is 2.09. The maximum absolute atomic E-state index is 13.2. The van der Waals surface area contributed by atoms with E-state index in [1.54, 1.807) is 19.2 Å². The van der Waals surface area contributed by atoms with Crippen LogP contribution >= 0.6 is 0 Å². The Morgan fingerprint density at radius 3 is 2.82 bits per heavy atom. The first-order valence-electron chi connectivity index (χ1n) is 6.58. The summed E-state index contributed by atoms with van der Waals surface area (Å²) in [6.07, 6.45) is 1.51. The molecule has 0 saturated heterocycles. The fourth-order valence-corrected chi connectivity index (χ4v) is 1.72. The van der Waals surface area contributed by atoms with Crippen molar-refractivity contribution >= 4 is 5.91 Å². The molecule has 0 saturated carbocycles. The van der Waals surface area contributed by atoms with Crippen LogP contribution in [-0.2, 0) is 11.3 Å². The Bertz CT molecular complexity index is 665. The summed E-state index contributed by atoms with van der Waals surface area (Å²) in [6, 6.07) is 6.63. The van der Waals surface area contributed by atoms with Crippen LogP contribution in [0.25, 0.3) is 0 Å². The van der Waals surface area contributed by atoms with Gasteiger partial charge in [0.05, 0.1) is 6.54 Å². The molecule has 2 N–H and O–H groups in total. The molecule has 0 aliphatic heterocycles. The summed E-state index contributed by atoms with van der Waals surface area (Å²) < 4.78 is 31.5. The van der Waals surface area contributed by atoms with Crippen molar-refractivity contribution in [2.45, 2.75) is 6.54 Å². The molecule has 22 heavy (non-hydrogen) atoms. The summed E-state index contributed by atoms with van der Waals surface area (Å²) in [5.41, 5.74) is 0.622. The predicted octanol–water partition coefficient (Wildman–Crippen LogP) is 1.99. The van der Waals surface area contributed by atoms with E-state index in [1.165, 1.54) is 12.3 Å². The average Bonchev–Trinajstić information content (AvgIpc) is 2.50. The number of benzene rings is 1. The topological polar surface area (TPSA) is 63.2 Å². The Labute approximate surface area is 126 Å². The van der Waals surface area contributed by atoms with Gasteiger partial charge in [-0.25, -0.2) is 13.8 Å². The smallest absolute Gasteiger partial charge is 0.234 e. The number of carbonyl (C=O) groups excluding carboxylic acids is 1. The van der Waals surface area contributed by atoms with Crippen molar-refractivity contribution in [3.63, 3.8) is 0 Å². The van der Waals surface area contributed by atoms with E-state index in [2.05, 4.69) is 15.6 Å². The minimum Gasteiger partial charge on any atom is -0.439 e. The molecule has 5 nitrogen and oxygen atoms in total. The fourth-order valence-electron chi connectivity index (χ4n) is 1.72. The number of pyridine rings is 1. The van der Waals surface area contributed by atoms with E-state index in [-0.39, 0.29) is 30.6 Å². The van der Waals surface area contributed by atoms with Crippen LogP contribution in [0.3, 0.4) is 0 Å². The molecule has 0 aliphatic rings. The molecule has 1 amide bonds. The summed E-state index contributed by atoms with van der Waals surface area (Å²) in [6.45, 7) is 0.410. The van der Waals surface area contributed by atoms with Crippen LogP contribution in [0.5, 0.6) is 11.6 Å². The zero-order valence-electron chi connectivity index (χ0n) is 11.9. The first-order valence-corrected chi connectivity index (χ1v) is 6.58. The van der Waals surface area contributed by atoms with Gasteiger partial charge in [-0.05, 0) is 25.2 Å². The Hall–Kier alpha value is -2.54. The summed E-state index contributed by atoms with van der Waals surface area (Å²) >= 11 is 0. The number of halogens is 2. The van der Waals surface area contributed by atoms with E-state index in [0.29, 0.717) is 5.56 Å². The Balaban J connectivity index is 2.10. The van der Waals surface area contributed by atoms with Crippen LogP contribution < -0.4 is 15.4 Å². The van der Waals surface area contributed by atoms with Gasteiger partial charge < -0.3 is 15.4 Å². The number of likely N-dealkylation sites (N-methyl/N-ethyl adjacent to an activating group) is 1. The van der Waals surface area contributed by atoms with Crippen LogP contribution in [0.15, 0.2) is 36.5 Å². The molecule has 1 heterocycles. The number of hydrogen-bond acceptors (Lipinski definition) is 4. The SMILES string of the molecule is CNCC(=O)NCc1cccnc1Oc1ccc(F)c(F)c1. The van der Waals surface area contributed by atoms with Gasteiger partial charge in [0.1, 0.15) is 5.75 Å². The van der Waals surface area contributed by atoms with E-state index in [0.717, 1.165) is 12.1 Å². The lowest BCUT2D eigenvalue weighted by molar-refractivity contribution is -0.120. The van der Waals surface area contributed by atoms with Gasteiger partial charge >= 0.3 is 0 Å². The third-order valence-electron chi connectivity index (χ3n) is 2.77. The highest BCUT2D eigenvalue weighted by atomic mass is 19.2. The largest absolute Gasteiger partial charge is 0.439 e. The zero-order valence-corrected chi connectivity index (χ0v) is 11.9. The molecule has 0 bridgehead atoms. The second-order valence-corrected chi connectivity index (χ2v) is 4.45. The van der Waals surface area contributed by atoms with E-state index in [9.17, 15) is 13.6 Å². The average molecular weight is 307 g/mol. The Morgan fingerprint density at radius 2 is 2.09 bits per heavy atom. The van der Waals surface area contributed by atoms with Crippen molar-refractivity contribution in [1.82, 2.24) is 15.6 Å². The second-order valence-electron chi connectivity index (χ2n) is 4.45. The van der Waals surface area contributed by atoms with Crippen molar-refractivity contribution in [1.29, 1.82) is 0 Å². The quantitative estimate of drug-likeness (QED) is 0.857. The molecule has 0 unspecified atom stereocenters. The second kappa shape index (κ2) is 7.46. The van der Waals surface area contributed by atoms with Crippen molar-refractivity contribution < 1.29 is 18.3 Å². The Kier molecular flexibility index (Phi) is 5.37. The molecule has 0 radical (unpaired) electrons. The van der Waals surface area contributed by atoms with Crippen molar-refractivity contribution in [3.05, 3.63) is 53.7 Å². The van der Waals surface area contributed by atoms with Gasteiger partial charge in [-0.3, -0.25) is 4.79 Å². The number of rotatable bonds is 6. The van der Waals surface area contributed by atoms with Crippen LogP contribution in [-0.4, -0.2) is 24.5 Å². The molecule has 0 spiro atoms. The maximum atomic E-state index is 13.2. The predicted molar refractivity (Wildman–Crippen MR) is 76.4 cm³/mol. The first-order chi connectivity index (χ1) is 10.6. The van der Waals surface area contributed by atoms with Crippen molar-refractivity contribution in [3.8, 4) is 11.6 Å². The number of aromatic nitrogens is 1. The highest BCUT2D eigenvalue weighted by molar-refractivity contribution is 5.77. The third kappa shape index (κ3) is 4.23. The minimum absolute atomic E-state index is 0.125. The van der Waals surface area contributed by atoms with Gasteiger partial charge in [-0.2, -0.15) is 0 Å². The molecular weight excluding hydrogens is 292 g/mol. The molecule has 2 aromatic rings. The summed E-state index contributed by atoms with van der Waals surface area (Å²) in [7, 11) is 1.67. The normalized spacial score (nSPS) is 10.3. The number of amides is 1. The Morgan fingerprint density at radius 1 is 1.27 bits per heavy atom. The lowest BCUT2D eigenvalue weighted by atomic mass is 10.2. The van der Waals surface area contributed by atoms with Gasteiger partial charge in [0.15, 0.2) is 11.6 Å². The minimum atomic E-state index is -1.00. The summed E-state index contributed by atoms with van der Waals surface area (Å²) in [5.74, 6) is -1.78. The molecule has 0 fully saturated rings. The summed E-state index contributed by atoms with van der Waals surface area (Å²) in [4.78, 5) is 15.5. The van der Waals surface area contributed by atoms with Gasteiger partial charge in [-0.1, -0.05) is 6.07 Å². The zero-order chi connectivity index (χ0) is 15.9. The molecule has 2 rings (SSSR count). The van der Waals surface area contributed by atoms with Gasteiger partial charge in [0.2, 0.25) is 11.8 Å². The van der Waals surface area contributed by atoms with Crippen LogP contribution in [0.2, 0.25) is 0 Å². The van der Waals surface area contributed by atoms with E-state index >= 15 is 0 Å². The summed E-state index contributed by atoms with van der Waals surface area (Å²) in [5, 5.41) is 5.42. The lowest BCUT2D eigenvalue weighted by Crippen LogP contribution is -2.31. The molecule has 0 aliphatic carbocycles. The van der Waals surface area contributed by atoms with Crippen LogP contribution in [0.4, 0.5) is 8.78 Å². The molecule has 1 aromatic heterocycles.